The molecule has 0 aliphatic carbocycles. The molecule has 0 aliphatic rings. The summed E-state index contributed by atoms with van der Waals surface area (Å²) in [5.74, 6) is 0.0506. The fraction of sp³-hybridized carbons (Fsp3) is 0.286. The molecule has 0 spiro atoms. The summed E-state index contributed by atoms with van der Waals surface area (Å²) >= 11 is 0. The summed E-state index contributed by atoms with van der Waals surface area (Å²) in [4.78, 5) is 11.3. The largest absolute Gasteiger partial charge is 0.294 e. The van der Waals surface area contributed by atoms with Gasteiger partial charge in [0.1, 0.15) is 0 Å². The average Bonchev–Trinajstić information content (AvgIpc) is 2.75. The molecular weight excluding hydrogens is 212 g/mol. The molecule has 0 N–H and O–H groups in total. The summed E-state index contributed by atoms with van der Waals surface area (Å²) in [5, 5.41) is 4.20. The van der Waals surface area contributed by atoms with Crippen LogP contribution < -0.4 is 0 Å². The molecule has 17 heavy (non-hydrogen) atoms. The first-order valence-electron chi connectivity index (χ1n) is 5.81. The quantitative estimate of drug-likeness (QED) is 0.741. The number of para-hydroxylation sites is 1. The van der Waals surface area contributed by atoms with E-state index in [0.29, 0.717) is 5.56 Å². The topological polar surface area (TPSA) is 34.9 Å². The van der Waals surface area contributed by atoms with E-state index in [1.54, 1.807) is 17.8 Å². The van der Waals surface area contributed by atoms with Gasteiger partial charge in [-0.05, 0) is 26.0 Å². The molecule has 0 saturated carbocycles. The van der Waals surface area contributed by atoms with Crippen LogP contribution in [0.4, 0.5) is 0 Å². The van der Waals surface area contributed by atoms with E-state index >= 15 is 0 Å². The van der Waals surface area contributed by atoms with E-state index in [4.69, 9.17) is 0 Å². The second-order valence-corrected chi connectivity index (χ2v) is 3.45. The summed E-state index contributed by atoms with van der Waals surface area (Å²) in [6.07, 6.45) is 1.62. The van der Waals surface area contributed by atoms with Gasteiger partial charge < -0.3 is 0 Å². The number of ketones is 1. The number of rotatable bonds is 2. The molecule has 0 atom stereocenters. The van der Waals surface area contributed by atoms with E-state index < -0.39 is 0 Å². The Bertz CT molecular complexity index is 486. The average molecular weight is 230 g/mol. The predicted octanol–water partition coefficient (Wildman–Crippen LogP) is 3.41. The minimum atomic E-state index is 0.0506. The first kappa shape index (κ1) is 13.2. The Balaban J connectivity index is 0.000000686. The lowest BCUT2D eigenvalue weighted by Crippen LogP contribution is -2.00. The van der Waals surface area contributed by atoms with Crippen LogP contribution in [0.2, 0.25) is 0 Å². The summed E-state index contributed by atoms with van der Waals surface area (Å²) < 4.78 is 1.77. The second-order valence-electron chi connectivity index (χ2n) is 3.45. The van der Waals surface area contributed by atoms with Gasteiger partial charge in [0.05, 0.1) is 23.1 Å². The molecule has 0 amide bonds. The van der Waals surface area contributed by atoms with Crippen molar-refractivity contribution in [1.29, 1.82) is 0 Å². The number of hydrogen-bond acceptors (Lipinski definition) is 2. The summed E-state index contributed by atoms with van der Waals surface area (Å²) in [7, 11) is 0. The molecule has 0 saturated heterocycles. The van der Waals surface area contributed by atoms with Crippen molar-refractivity contribution in [2.45, 2.75) is 27.7 Å². The van der Waals surface area contributed by atoms with Crippen molar-refractivity contribution < 1.29 is 4.79 Å². The van der Waals surface area contributed by atoms with Gasteiger partial charge in [-0.2, -0.15) is 5.10 Å². The van der Waals surface area contributed by atoms with Crippen molar-refractivity contribution >= 4 is 5.78 Å². The molecule has 90 valence electrons. The lowest BCUT2D eigenvalue weighted by Gasteiger charge is -2.03. The van der Waals surface area contributed by atoms with Crippen LogP contribution in [0.1, 0.15) is 36.8 Å². The van der Waals surface area contributed by atoms with Crippen LogP contribution in [0.5, 0.6) is 0 Å². The zero-order chi connectivity index (χ0) is 12.8. The van der Waals surface area contributed by atoms with Crippen LogP contribution in [-0.4, -0.2) is 15.6 Å². The number of carbonyl (C=O) groups is 1. The highest BCUT2D eigenvalue weighted by atomic mass is 16.1. The third-order valence-electron chi connectivity index (χ3n) is 2.39. The van der Waals surface area contributed by atoms with Gasteiger partial charge in [0.15, 0.2) is 5.78 Å². The molecule has 0 aliphatic heterocycles. The highest BCUT2D eigenvalue weighted by molar-refractivity contribution is 5.95. The van der Waals surface area contributed by atoms with E-state index in [9.17, 15) is 4.79 Å². The lowest BCUT2D eigenvalue weighted by atomic mass is 10.2. The van der Waals surface area contributed by atoms with Crippen LogP contribution in [0.3, 0.4) is 0 Å². The number of carbonyl (C=O) groups excluding carboxylic acids is 1. The molecule has 2 rings (SSSR count). The fourth-order valence-electron chi connectivity index (χ4n) is 1.58. The Labute approximate surface area is 102 Å². The standard InChI is InChI=1S/C12H12N2O.C2H6/c1-9-12(10(2)15)8-13-14(9)11-6-4-3-5-7-11;1-2/h3-8H,1-2H3;1-2H3. The van der Waals surface area contributed by atoms with Crippen molar-refractivity contribution in [2.75, 3.05) is 0 Å². The van der Waals surface area contributed by atoms with E-state index in [2.05, 4.69) is 5.10 Å². The SMILES string of the molecule is CC.CC(=O)c1cnn(-c2ccccc2)c1C. The number of Topliss-reactive ketones (excluding diaryl/α,β-unsaturated/α-hetero) is 1. The third-order valence-corrected chi connectivity index (χ3v) is 2.39. The summed E-state index contributed by atoms with van der Waals surface area (Å²) in [6.45, 7) is 7.45. The predicted molar refractivity (Wildman–Crippen MR) is 69.7 cm³/mol. The van der Waals surface area contributed by atoms with Crippen LogP contribution in [0, 0.1) is 6.92 Å². The molecule has 0 unspecified atom stereocenters. The molecule has 1 heterocycles. The number of aromatic nitrogens is 2. The maximum Gasteiger partial charge on any atom is 0.163 e. The molecule has 2 aromatic rings. The van der Waals surface area contributed by atoms with Crippen molar-refractivity contribution in [1.82, 2.24) is 9.78 Å². The van der Waals surface area contributed by atoms with Gasteiger partial charge in [-0.15, -0.1) is 0 Å². The van der Waals surface area contributed by atoms with E-state index in [1.807, 2.05) is 51.1 Å². The number of nitrogens with zero attached hydrogens (tertiary/aromatic N) is 2. The molecule has 1 aromatic heterocycles. The van der Waals surface area contributed by atoms with Gasteiger partial charge >= 0.3 is 0 Å². The van der Waals surface area contributed by atoms with Gasteiger partial charge in [-0.3, -0.25) is 4.79 Å². The lowest BCUT2D eigenvalue weighted by molar-refractivity contribution is 0.101. The van der Waals surface area contributed by atoms with Crippen molar-refractivity contribution in [3.05, 3.63) is 47.8 Å². The van der Waals surface area contributed by atoms with Gasteiger partial charge in [0, 0.05) is 0 Å². The molecular formula is C14H18N2O. The number of benzene rings is 1. The maximum absolute atomic E-state index is 11.3. The van der Waals surface area contributed by atoms with E-state index in [0.717, 1.165) is 11.4 Å². The van der Waals surface area contributed by atoms with Gasteiger partial charge in [-0.1, -0.05) is 32.0 Å². The first-order valence-corrected chi connectivity index (χ1v) is 5.81. The Morgan fingerprint density at radius 1 is 1.18 bits per heavy atom. The monoisotopic (exact) mass is 230 g/mol. The molecule has 3 heteroatoms. The highest BCUT2D eigenvalue weighted by Gasteiger charge is 2.10. The normalized spacial score (nSPS) is 9.41. The van der Waals surface area contributed by atoms with Crippen LogP contribution >= 0.6 is 0 Å². The maximum atomic E-state index is 11.3. The second kappa shape index (κ2) is 5.99. The van der Waals surface area contributed by atoms with Gasteiger partial charge in [-0.25, -0.2) is 4.68 Å². The fourth-order valence-corrected chi connectivity index (χ4v) is 1.58. The Morgan fingerprint density at radius 2 is 1.76 bits per heavy atom. The third kappa shape index (κ3) is 2.81. The first-order chi connectivity index (χ1) is 8.20. The Hall–Kier alpha value is -1.90. The van der Waals surface area contributed by atoms with Crippen molar-refractivity contribution in [3.8, 4) is 5.69 Å². The molecule has 0 radical (unpaired) electrons. The van der Waals surface area contributed by atoms with Crippen LogP contribution in [0.25, 0.3) is 5.69 Å². The number of hydrogen-bond donors (Lipinski definition) is 0. The van der Waals surface area contributed by atoms with Crippen LogP contribution in [0.15, 0.2) is 36.5 Å². The Kier molecular flexibility index (Phi) is 4.64. The van der Waals surface area contributed by atoms with Crippen molar-refractivity contribution in [2.24, 2.45) is 0 Å². The minimum Gasteiger partial charge on any atom is -0.294 e. The van der Waals surface area contributed by atoms with Gasteiger partial charge in [0.25, 0.3) is 0 Å². The highest BCUT2D eigenvalue weighted by Crippen LogP contribution is 2.13. The zero-order valence-electron chi connectivity index (χ0n) is 10.8. The molecule has 0 fully saturated rings. The van der Waals surface area contributed by atoms with Crippen molar-refractivity contribution in [3.63, 3.8) is 0 Å². The van der Waals surface area contributed by atoms with Crippen LogP contribution in [-0.2, 0) is 0 Å². The molecule has 3 nitrogen and oxygen atoms in total. The smallest absolute Gasteiger partial charge is 0.163 e. The Morgan fingerprint density at radius 3 is 2.24 bits per heavy atom. The molecule has 1 aromatic carbocycles. The van der Waals surface area contributed by atoms with E-state index in [1.165, 1.54) is 0 Å². The summed E-state index contributed by atoms with van der Waals surface area (Å²) in [6, 6.07) is 9.77. The molecule has 0 bridgehead atoms. The zero-order valence-corrected chi connectivity index (χ0v) is 10.8. The van der Waals surface area contributed by atoms with Gasteiger partial charge in [0.2, 0.25) is 0 Å². The van der Waals surface area contributed by atoms with E-state index in [-0.39, 0.29) is 5.78 Å². The minimum absolute atomic E-state index is 0.0506. The summed E-state index contributed by atoms with van der Waals surface area (Å²) in [5.41, 5.74) is 2.54.